The maximum atomic E-state index is 13.0. The Labute approximate surface area is 223 Å². The van der Waals surface area contributed by atoms with Crippen LogP contribution >= 0.6 is 11.8 Å². The van der Waals surface area contributed by atoms with E-state index in [-0.39, 0.29) is 23.8 Å². The van der Waals surface area contributed by atoms with Gasteiger partial charge < -0.3 is 14.6 Å². The Balaban J connectivity index is 1.73. The molecule has 0 aliphatic carbocycles. The molecule has 0 aliphatic heterocycles. The molecule has 1 N–H and O–H groups in total. The lowest BCUT2D eigenvalue weighted by Crippen LogP contribution is -2.36. The highest BCUT2D eigenvalue weighted by Gasteiger charge is 2.32. The lowest BCUT2D eigenvalue weighted by atomic mass is 10.2. The van der Waals surface area contributed by atoms with Crippen LogP contribution in [-0.4, -0.2) is 50.5 Å². The molecule has 11 nitrogen and oxygen atoms in total. The van der Waals surface area contributed by atoms with E-state index in [9.17, 15) is 14.4 Å². The van der Waals surface area contributed by atoms with Crippen LogP contribution in [0.25, 0.3) is 22.8 Å². The molecule has 38 heavy (non-hydrogen) atoms. The first-order chi connectivity index (χ1) is 18.3. The SMILES string of the molecule is CCOc1ccc(NC(=O)Cn2nc(SC)c(-c3nc(-c4ccccc4)no3)c2N(C(C)=O)C(C)=O)cc1. The molecule has 0 saturated carbocycles. The summed E-state index contributed by atoms with van der Waals surface area (Å²) in [6.45, 7) is 4.64. The number of hydrogen-bond donors (Lipinski definition) is 1. The predicted molar refractivity (Wildman–Crippen MR) is 143 cm³/mol. The van der Waals surface area contributed by atoms with Gasteiger partial charge in [0.25, 0.3) is 5.89 Å². The van der Waals surface area contributed by atoms with Crippen LogP contribution in [0.2, 0.25) is 0 Å². The summed E-state index contributed by atoms with van der Waals surface area (Å²) in [5, 5.41) is 11.8. The third kappa shape index (κ3) is 5.75. The van der Waals surface area contributed by atoms with Crippen LogP contribution in [0.1, 0.15) is 20.8 Å². The van der Waals surface area contributed by atoms with Crippen LogP contribution < -0.4 is 15.0 Å². The summed E-state index contributed by atoms with van der Waals surface area (Å²) in [5.74, 6) is -0.378. The second-order valence-electron chi connectivity index (χ2n) is 8.03. The Kier molecular flexibility index (Phi) is 8.22. The molecule has 196 valence electrons. The fourth-order valence-electron chi connectivity index (χ4n) is 3.79. The fraction of sp³-hybridized carbons (Fsp3) is 0.231. The normalized spacial score (nSPS) is 10.7. The summed E-state index contributed by atoms with van der Waals surface area (Å²) in [7, 11) is 0. The highest BCUT2D eigenvalue weighted by atomic mass is 32.2. The van der Waals surface area contributed by atoms with Gasteiger partial charge in [-0.15, -0.1) is 11.8 Å². The monoisotopic (exact) mass is 534 g/mol. The number of amides is 3. The molecule has 0 bridgehead atoms. The number of carbonyl (C=O) groups is 3. The summed E-state index contributed by atoms with van der Waals surface area (Å²) < 4.78 is 12.3. The van der Waals surface area contributed by atoms with E-state index in [0.29, 0.717) is 28.9 Å². The number of aromatic nitrogens is 4. The number of carbonyl (C=O) groups excluding carboxylic acids is 3. The molecule has 0 radical (unpaired) electrons. The number of hydrogen-bond acceptors (Lipinski definition) is 9. The summed E-state index contributed by atoms with van der Waals surface area (Å²) in [4.78, 5) is 43.6. The molecule has 4 aromatic rings. The van der Waals surface area contributed by atoms with Crippen LogP contribution in [-0.2, 0) is 20.9 Å². The Hall–Kier alpha value is -4.45. The van der Waals surface area contributed by atoms with E-state index in [1.54, 1.807) is 30.5 Å². The lowest BCUT2D eigenvalue weighted by molar-refractivity contribution is -0.124. The molecule has 3 amide bonds. The van der Waals surface area contributed by atoms with Crippen molar-refractivity contribution >= 4 is 41.0 Å². The molecular formula is C26H26N6O5S. The van der Waals surface area contributed by atoms with Crippen LogP contribution in [0.15, 0.2) is 64.1 Å². The Morgan fingerprint density at radius 3 is 2.34 bits per heavy atom. The van der Waals surface area contributed by atoms with Crippen molar-refractivity contribution in [2.24, 2.45) is 0 Å². The molecule has 0 saturated heterocycles. The van der Waals surface area contributed by atoms with Crippen LogP contribution in [0, 0.1) is 0 Å². The second-order valence-corrected chi connectivity index (χ2v) is 8.83. The minimum Gasteiger partial charge on any atom is -0.494 e. The van der Waals surface area contributed by atoms with Gasteiger partial charge in [0.15, 0.2) is 5.82 Å². The molecule has 0 aliphatic rings. The van der Waals surface area contributed by atoms with Crippen molar-refractivity contribution in [2.45, 2.75) is 32.3 Å². The molecule has 12 heteroatoms. The average molecular weight is 535 g/mol. The zero-order chi connectivity index (χ0) is 27.2. The van der Waals surface area contributed by atoms with Crippen LogP contribution in [0.4, 0.5) is 11.5 Å². The highest BCUT2D eigenvalue weighted by molar-refractivity contribution is 7.98. The van der Waals surface area contributed by atoms with Crippen molar-refractivity contribution in [1.82, 2.24) is 19.9 Å². The molecule has 2 heterocycles. The van der Waals surface area contributed by atoms with E-state index in [1.165, 1.54) is 30.3 Å². The highest BCUT2D eigenvalue weighted by Crippen LogP contribution is 2.39. The summed E-state index contributed by atoms with van der Waals surface area (Å²) in [6.07, 6.45) is 1.78. The van der Waals surface area contributed by atoms with Crippen molar-refractivity contribution < 1.29 is 23.6 Å². The fourth-order valence-corrected chi connectivity index (χ4v) is 4.35. The van der Waals surface area contributed by atoms with Gasteiger partial charge in [-0.2, -0.15) is 10.1 Å². The van der Waals surface area contributed by atoms with E-state index in [4.69, 9.17) is 9.26 Å². The first-order valence-corrected chi connectivity index (χ1v) is 12.9. The third-order valence-electron chi connectivity index (χ3n) is 5.34. The van der Waals surface area contributed by atoms with Crippen molar-refractivity contribution in [3.63, 3.8) is 0 Å². The largest absolute Gasteiger partial charge is 0.494 e. The summed E-state index contributed by atoms with van der Waals surface area (Å²) >= 11 is 1.25. The molecule has 0 unspecified atom stereocenters. The van der Waals surface area contributed by atoms with Gasteiger partial charge in [0.2, 0.25) is 23.5 Å². The number of imide groups is 1. The lowest BCUT2D eigenvalue weighted by Gasteiger charge is -2.19. The van der Waals surface area contributed by atoms with E-state index >= 15 is 0 Å². The summed E-state index contributed by atoms with van der Waals surface area (Å²) in [6, 6.07) is 16.1. The van der Waals surface area contributed by atoms with E-state index < -0.39 is 17.7 Å². The molecule has 2 aromatic carbocycles. The van der Waals surface area contributed by atoms with Crippen molar-refractivity contribution in [2.75, 3.05) is 23.1 Å². The number of nitrogens with zero attached hydrogens (tertiary/aromatic N) is 5. The Bertz CT molecular complexity index is 1430. The number of nitrogens with one attached hydrogen (secondary N) is 1. The third-order valence-corrected chi connectivity index (χ3v) is 6.02. The number of ether oxygens (including phenoxy) is 1. The zero-order valence-electron chi connectivity index (χ0n) is 21.3. The molecule has 2 aromatic heterocycles. The second kappa shape index (κ2) is 11.7. The van der Waals surface area contributed by atoms with Gasteiger partial charge in [-0.05, 0) is 37.4 Å². The molecule has 4 rings (SSSR count). The molecular weight excluding hydrogens is 508 g/mol. The quantitative estimate of drug-likeness (QED) is 0.313. The molecule has 0 fully saturated rings. The van der Waals surface area contributed by atoms with Gasteiger partial charge >= 0.3 is 0 Å². The zero-order valence-corrected chi connectivity index (χ0v) is 22.1. The van der Waals surface area contributed by atoms with E-state index in [0.717, 1.165) is 10.5 Å². The number of benzene rings is 2. The smallest absolute Gasteiger partial charge is 0.264 e. The molecule has 0 spiro atoms. The van der Waals surface area contributed by atoms with Gasteiger partial charge in [-0.25, -0.2) is 9.58 Å². The predicted octanol–water partition coefficient (Wildman–Crippen LogP) is 4.26. The minimum absolute atomic E-state index is 0.0638. The standard InChI is InChI=1S/C26H26N6O5S/c1-5-36-20-13-11-19(12-14-20)27-21(35)15-31-26(32(16(2)33)17(3)34)22(25(29-31)38-4)24-28-23(30-37-24)18-9-7-6-8-10-18/h6-14H,5,15H2,1-4H3,(H,27,35). The maximum absolute atomic E-state index is 13.0. The van der Waals surface area contributed by atoms with E-state index in [2.05, 4.69) is 20.6 Å². The van der Waals surface area contributed by atoms with E-state index in [1.807, 2.05) is 37.3 Å². The summed E-state index contributed by atoms with van der Waals surface area (Å²) in [5.41, 5.74) is 1.56. The molecule has 0 atom stereocenters. The van der Waals surface area contributed by atoms with Gasteiger partial charge in [-0.3, -0.25) is 14.4 Å². The first-order valence-electron chi connectivity index (χ1n) is 11.7. The van der Waals surface area contributed by atoms with Crippen molar-refractivity contribution in [1.29, 1.82) is 0 Å². The number of rotatable bonds is 9. The minimum atomic E-state index is -0.553. The average Bonchev–Trinajstić information content (AvgIpc) is 3.51. The van der Waals surface area contributed by atoms with Gasteiger partial charge in [0.05, 0.1) is 6.61 Å². The van der Waals surface area contributed by atoms with Crippen molar-refractivity contribution in [3.05, 3.63) is 54.6 Å². The number of thioether (sulfide) groups is 1. The van der Waals surface area contributed by atoms with Gasteiger partial charge in [0, 0.05) is 25.1 Å². The number of anilines is 2. The van der Waals surface area contributed by atoms with Crippen LogP contribution in [0.5, 0.6) is 5.75 Å². The topological polar surface area (TPSA) is 132 Å². The first kappa shape index (κ1) is 26.6. The van der Waals surface area contributed by atoms with Gasteiger partial charge in [0.1, 0.15) is 22.9 Å². The Morgan fingerprint density at radius 1 is 1.05 bits per heavy atom. The van der Waals surface area contributed by atoms with Crippen LogP contribution in [0.3, 0.4) is 0 Å². The maximum Gasteiger partial charge on any atom is 0.264 e. The van der Waals surface area contributed by atoms with Gasteiger partial charge in [-0.1, -0.05) is 35.5 Å². The van der Waals surface area contributed by atoms with Crippen molar-refractivity contribution in [3.8, 4) is 28.6 Å². The Morgan fingerprint density at radius 2 is 1.74 bits per heavy atom.